The van der Waals surface area contributed by atoms with Gasteiger partial charge in [0, 0.05) is 37.8 Å². The van der Waals surface area contributed by atoms with E-state index in [0.717, 1.165) is 0 Å². The van der Waals surface area contributed by atoms with Crippen molar-refractivity contribution in [3.05, 3.63) is 58.7 Å². The zero-order valence-electron chi connectivity index (χ0n) is 16.7. The Labute approximate surface area is 177 Å². The second-order valence-corrected chi connectivity index (χ2v) is 7.98. The number of hydrogen-bond donors (Lipinski definition) is 2. The number of ether oxygens (including phenoxy) is 1. The average molecular weight is 436 g/mol. The molecule has 0 bridgehead atoms. The maximum Gasteiger partial charge on any atom is 0.451 e. The van der Waals surface area contributed by atoms with Crippen LogP contribution >= 0.6 is 0 Å². The number of amides is 1. The Morgan fingerprint density at radius 1 is 1.23 bits per heavy atom. The molecule has 1 atom stereocenters. The van der Waals surface area contributed by atoms with Crippen molar-refractivity contribution in [2.45, 2.75) is 31.8 Å². The number of fused-ring (bicyclic) bond motifs is 1. The molecule has 166 valence electrons. The highest BCUT2D eigenvalue weighted by atomic mass is 19.4. The van der Waals surface area contributed by atoms with Crippen LogP contribution in [0.1, 0.15) is 33.1 Å². The van der Waals surface area contributed by atoms with Gasteiger partial charge in [0.1, 0.15) is 5.69 Å². The predicted molar refractivity (Wildman–Crippen MR) is 104 cm³/mol. The smallest absolute Gasteiger partial charge is 0.390 e. The number of carbonyl (C=O) groups is 1. The minimum atomic E-state index is -4.76. The Kier molecular flexibility index (Phi) is 6.22. The number of nitrogens with one attached hydrogen (secondary N) is 1. The number of nitrogens with zero attached hydrogens (tertiary/aromatic N) is 3. The van der Waals surface area contributed by atoms with Crippen molar-refractivity contribution in [2.24, 2.45) is 5.92 Å². The molecule has 7 nitrogen and oxygen atoms in total. The highest BCUT2D eigenvalue weighted by Gasteiger charge is 2.36. The lowest BCUT2D eigenvalue weighted by molar-refractivity contribution is -0.145. The number of aromatic nitrogens is 2. The van der Waals surface area contributed by atoms with E-state index in [1.54, 1.807) is 0 Å². The molecule has 2 N–H and O–H groups in total. The molecular weight excluding hydrogens is 413 g/mol. The molecule has 2 aromatic rings. The van der Waals surface area contributed by atoms with Crippen molar-refractivity contribution >= 4 is 5.91 Å². The third kappa shape index (κ3) is 5.38. The lowest BCUT2D eigenvalue weighted by Crippen LogP contribution is -2.39. The molecule has 0 unspecified atom stereocenters. The molecule has 4 rings (SSSR count). The maximum absolute atomic E-state index is 13.2. The number of β-amino-alcohol motifs (C(OH)–C–C–N with tert-alkyl or cyclic N) is 1. The van der Waals surface area contributed by atoms with E-state index in [0.29, 0.717) is 32.8 Å². The van der Waals surface area contributed by atoms with Crippen LogP contribution in [-0.2, 0) is 30.4 Å². The van der Waals surface area contributed by atoms with Gasteiger partial charge in [0.05, 0.1) is 19.3 Å². The third-order valence-electron chi connectivity index (χ3n) is 5.34. The monoisotopic (exact) mass is 436 g/mol. The van der Waals surface area contributed by atoms with Crippen LogP contribution in [0.25, 0.3) is 0 Å². The van der Waals surface area contributed by atoms with Gasteiger partial charge < -0.3 is 15.2 Å². The Bertz CT molecular complexity index is 925. The Morgan fingerprint density at radius 2 is 1.90 bits per heavy atom. The first-order valence-corrected chi connectivity index (χ1v) is 10.1. The van der Waals surface area contributed by atoms with E-state index in [2.05, 4.69) is 15.3 Å². The first-order chi connectivity index (χ1) is 14.8. The van der Waals surface area contributed by atoms with Gasteiger partial charge in [-0.1, -0.05) is 24.3 Å². The van der Waals surface area contributed by atoms with Crippen LogP contribution in [0.2, 0.25) is 0 Å². The molecule has 1 amide bonds. The molecule has 2 aliphatic rings. The molecule has 0 aliphatic carbocycles. The molecule has 0 radical (unpaired) electrons. The van der Waals surface area contributed by atoms with E-state index < -0.39 is 24.0 Å². The predicted octanol–water partition coefficient (Wildman–Crippen LogP) is 1.79. The van der Waals surface area contributed by atoms with Gasteiger partial charge in [-0.2, -0.15) is 13.2 Å². The second kappa shape index (κ2) is 8.89. The van der Waals surface area contributed by atoms with E-state index in [4.69, 9.17) is 4.74 Å². The summed E-state index contributed by atoms with van der Waals surface area (Å²) in [4.78, 5) is 21.5. The maximum atomic E-state index is 13.2. The van der Waals surface area contributed by atoms with Gasteiger partial charge >= 0.3 is 6.18 Å². The molecule has 1 aromatic carbocycles. The number of halogens is 3. The number of hydrogen-bond acceptors (Lipinski definition) is 6. The molecule has 31 heavy (non-hydrogen) atoms. The normalized spacial score (nSPS) is 17.8. The number of rotatable bonds is 7. The van der Waals surface area contributed by atoms with Crippen LogP contribution < -0.4 is 5.32 Å². The molecule has 10 heteroatoms. The standard InChI is InChI=1S/C21H23F3N4O3/c22-21(23,24)20-26-16(5-13-11-31-12-13)6-18(27-20)19(30)25-7-17(29)10-28-8-14-3-1-2-4-15(14)9-28/h1-4,6,13,17,29H,5,7-12H2,(H,25,30)/t17-/m0/s1. The van der Waals surface area contributed by atoms with Crippen molar-refractivity contribution in [3.63, 3.8) is 0 Å². The first kappa shape index (κ1) is 21.7. The number of aliphatic hydroxyl groups is 1. The van der Waals surface area contributed by atoms with E-state index in [1.807, 2.05) is 29.2 Å². The molecule has 0 saturated carbocycles. The summed E-state index contributed by atoms with van der Waals surface area (Å²) in [5, 5.41) is 12.8. The van der Waals surface area contributed by atoms with Crippen LogP contribution in [0.5, 0.6) is 0 Å². The van der Waals surface area contributed by atoms with Gasteiger partial charge in [-0.05, 0) is 23.6 Å². The molecule has 0 spiro atoms. The minimum Gasteiger partial charge on any atom is -0.390 e. The highest BCUT2D eigenvalue weighted by molar-refractivity contribution is 5.92. The van der Waals surface area contributed by atoms with Gasteiger partial charge in [0.25, 0.3) is 5.91 Å². The molecule has 2 aliphatic heterocycles. The number of alkyl halides is 3. The van der Waals surface area contributed by atoms with Crippen LogP contribution in [0.3, 0.4) is 0 Å². The highest BCUT2D eigenvalue weighted by Crippen LogP contribution is 2.27. The van der Waals surface area contributed by atoms with Crippen molar-refractivity contribution in [3.8, 4) is 0 Å². The van der Waals surface area contributed by atoms with Crippen molar-refractivity contribution in [1.29, 1.82) is 0 Å². The number of benzene rings is 1. The summed E-state index contributed by atoms with van der Waals surface area (Å²) in [5.74, 6) is -2.04. The topological polar surface area (TPSA) is 87.6 Å². The summed E-state index contributed by atoms with van der Waals surface area (Å²) in [6.07, 6.45) is -5.34. The van der Waals surface area contributed by atoms with Crippen molar-refractivity contribution in [1.82, 2.24) is 20.2 Å². The van der Waals surface area contributed by atoms with Crippen LogP contribution in [0, 0.1) is 5.92 Å². The van der Waals surface area contributed by atoms with Crippen molar-refractivity contribution < 1.29 is 27.8 Å². The average Bonchev–Trinajstić information content (AvgIpc) is 3.10. The molecular formula is C21H23F3N4O3. The number of aliphatic hydroxyl groups excluding tert-OH is 1. The lowest BCUT2D eigenvalue weighted by atomic mass is 10.0. The van der Waals surface area contributed by atoms with Gasteiger partial charge in [-0.3, -0.25) is 9.69 Å². The third-order valence-corrected chi connectivity index (χ3v) is 5.34. The summed E-state index contributed by atoms with van der Waals surface area (Å²) in [7, 11) is 0. The zero-order chi connectivity index (χ0) is 22.0. The van der Waals surface area contributed by atoms with Crippen molar-refractivity contribution in [2.75, 3.05) is 26.3 Å². The first-order valence-electron chi connectivity index (χ1n) is 10.1. The van der Waals surface area contributed by atoms with E-state index in [-0.39, 0.29) is 30.3 Å². The summed E-state index contributed by atoms with van der Waals surface area (Å²) >= 11 is 0. The Balaban J connectivity index is 1.35. The van der Waals surface area contributed by atoms with Gasteiger partial charge in [0.15, 0.2) is 0 Å². The van der Waals surface area contributed by atoms with Gasteiger partial charge in [-0.15, -0.1) is 0 Å². The van der Waals surface area contributed by atoms with Crippen LogP contribution in [0.15, 0.2) is 30.3 Å². The molecule has 1 aromatic heterocycles. The number of carbonyl (C=O) groups excluding carboxylic acids is 1. The van der Waals surface area contributed by atoms with Crippen LogP contribution in [-0.4, -0.2) is 58.3 Å². The second-order valence-electron chi connectivity index (χ2n) is 7.98. The summed E-state index contributed by atoms with van der Waals surface area (Å²) in [6.45, 7) is 2.56. The Morgan fingerprint density at radius 3 is 2.48 bits per heavy atom. The van der Waals surface area contributed by atoms with Crippen LogP contribution in [0.4, 0.5) is 13.2 Å². The summed E-state index contributed by atoms with van der Waals surface area (Å²) in [5.41, 5.74) is 2.18. The lowest BCUT2D eigenvalue weighted by Gasteiger charge is -2.25. The molecule has 1 saturated heterocycles. The van der Waals surface area contributed by atoms with Gasteiger partial charge in [0.2, 0.25) is 5.82 Å². The fraction of sp³-hybridized carbons (Fsp3) is 0.476. The minimum absolute atomic E-state index is 0.0818. The van der Waals surface area contributed by atoms with E-state index in [1.165, 1.54) is 17.2 Å². The quantitative estimate of drug-likeness (QED) is 0.688. The van der Waals surface area contributed by atoms with E-state index in [9.17, 15) is 23.1 Å². The zero-order valence-corrected chi connectivity index (χ0v) is 16.7. The molecule has 3 heterocycles. The van der Waals surface area contributed by atoms with Gasteiger partial charge in [-0.25, -0.2) is 9.97 Å². The largest absolute Gasteiger partial charge is 0.451 e. The SMILES string of the molecule is O=C(NC[C@H](O)CN1Cc2ccccc2C1)c1cc(CC2COC2)nc(C(F)(F)F)n1. The summed E-state index contributed by atoms with van der Waals surface area (Å²) in [6, 6.07) is 9.25. The fourth-order valence-corrected chi connectivity index (χ4v) is 3.74. The molecule has 1 fully saturated rings. The fourth-order valence-electron chi connectivity index (χ4n) is 3.74. The Hall–Kier alpha value is -2.56. The van der Waals surface area contributed by atoms with E-state index >= 15 is 0 Å². The summed E-state index contributed by atoms with van der Waals surface area (Å²) < 4.78 is 44.6.